The van der Waals surface area contributed by atoms with Gasteiger partial charge in [0.2, 0.25) is 0 Å². The molecule has 2 nitrogen and oxygen atoms in total. The van der Waals surface area contributed by atoms with E-state index in [0.29, 0.717) is 13.8 Å². The van der Waals surface area contributed by atoms with Crippen LogP contribution in [0.25, 0.3) is 0 Å². The number of methoxy groups -OCH3 is 1. The van der Waals surface area contributed by atoms with E-state index in [2.05, 4.69) is 4.36 Å². The van der Waals surface area contributed by atoms with Crippen molar-refractivity contribution in [1.29, 1.82) is 0 Å². The van der Waals surface area contributed by atoms with Gasteiger partial charge in [0.25, 0.3) is 0 Å². The zero-order chi connectivity index (χ0) is 8.55. The third-order valence-corrected chi connectivity index (χ3v) is 6.49. The molecule has 1 aliphatic rings. The molecule has 1 aliphatic heterocycles. The number of fused-ring (bicyclic) bond motifs is 1. The van der Waals surface area contributed by atoms with Crippen LogP contribution in [0.4, 0.5) is 5.69 Å². The first-order chi connectivity index (χ1) is 5.79. The average molecular weight is 267 g/mol. The van der Waals surface area contributed by atoms with E-state index < -0.39 is 0 Å². The van der Waals surface area contributed by atoms with E-state index in [1.165, 1.54) is 4.46 Å². The molecule has 64 valence electrons. The van der Waals surface area contributed by atoms with Gasteiger partial charge in [-0.25, -0.2) is 0 Å². The standard InChI is InChI=1S/C7H6ClNOSSe/c1-10-5-2-3-6-7(4-5)12-11(8)9-6/h2-4H,1H3. The summed E-state index contributed by atoms with van der Waals surface area (Å²) in [5, 5.41) is 0. The summed E-state index contributed by atoms with van der Waals surface area (Å²) < 4.78 is 10.6. The van der Waals surface area contributed by atoms with Gasteiger partial charge in [0.05, 0.1) is 0 Å². The molecule has 1 atom stereocenters. The average Bonchev–Trinajstić information content (AvgIpc) is 2.43. The van der Waals surface area contributed by atoms with Crippen LogP contribution in [0.15, 0.2) is 22.6 Å². The maximum absolute atomic E-state index is 5.92. The zero-order valence-electron chi connectivity index (χ0n) is 6.28. The second kappa shape index (κ2) is 3.38. The van der Waals surface area contributed by atoms with Gasteiger partial charge in [-0.3, -0.25) is 0 Å². The minimum absolute atomic E-state index is 0.275. The van der Waals surface area contributed by atoms with Crippen LogP contribution >= 0.6 is 10.7 Å². The van der Waals surface area contributed by atoms with Crippen LogP contribution in [0.2, 0.25) is 0 Å². The molecule has 0 N–H and O–H groups in total. The van der Waals surface area contributed by atoms with Gasteiger partial charge in [0.1, 0.15) is 0 Å². The Morgan fingerprint density at radius 1 is 1.58 bits per heavy atom. The molecular formula is C7H6ClNOSSe. The summed E-state index contributed by atoms with van der Waals surface area (Å²) in [6, 6.07) is 5.90. The Bertz CT molecular complexity index is 355. The molecule has 1 aromatic rings. The number of nitrogens with zero attached hydrogens (tertiary/aromatic N) is 1. The number of hydrogen-bond donors (Lipinski definition) is 0. The number of rotatable bonds is 1. The Morgan fingerprint density at radius 3 is 3.17 bits per heavy atom. The van der Waals surface area contributed by atoms with Crippen molar-refractivity contribution in [2.45, 2.75) is 0 Å². The first-order valence-electron chi connectivity index (χ1n) is 3.28. The van der Waals surface area contributed by atoms with Crippen molar-refractivity contribution in [1.82, 2.24) is 0 Å². The predicted molar refractivity (Wildman–Crippen MR) is 53.7 cm³/mol. The quantitative estimate of drug-likeness (QED) is 0.707. The molecule has 12 heavy (non-hydrogen) atoms. The van der Waals surface area contributed by atoms with E-state index in [0.717, 1.165) is 11.4 Å². The molecule has 5 heteroatoms. The Balaban J connectivity index is 2.42. The third-order valence-electron chi connectivity index (χ3n) is 1.50. The minimum atomic E-state index is -0.275. The summed E-state index contributed by atoms with van der Waals surface area (Å²) in [6.07, 6.45) is 0. The molecule has 0 bridgehead atoms. The van der Waals surface area contributed by atoms with Gasteiger partial charge >= 0.3 is 83.1 Å². The van der Waals surface area contributed by atoms with Crippen LogP contribution < -0.4 is 9.20 Å². The van der Waals surface area contributed by atoms with Gasteiger partial charge in [-0.1, -0.05) is 0 Å². The first-order valence-corrected chi connectivity index (χ1v) is 8.17. The molecule has 1 aromatic carbocycles. The van der Waals surface area contributed by atoms with E-state index in [1.807, 2.05) is 18.2 Å². The fourth-order valence-electron chi connectivity index (χ4n) is 0.934. The summed E-state index contributed by atoms with van der Waals surface area (Å²) >= 11 is 0.297. The fraction of sp³-hybridized carbons (Fsp3) is 0.143. The van der Waals surface area contributed by atoms with E-state index in [4.69, 9.17) is 15.4 Å². The summed E-state index contributed by atoms with van der Waals surface area (Å²) in [4.78, 5) is 0. The van der Waals surface area contributed by atoms with Gasteiger partial charge in [0.15, 0.2) is 0 Å². The summed E-state index contributed by atoms with van der Waals surface area (Å²) in [5.74, 6) is 0.890. The van der Waals surface area contributed by atoms with Crippen LogP contribution in [0.5, 0.6) is 5.75 Å². The number of halogens is 1. The fourth-order valence-corrected chi connectivity index (χ4v) is 5.97. The number of hydrogen-bond acceptors (Lipinski definition) is 2. The van der Waals surface area contributed by atoms with Crippen LogP contribution in [-0.4, -0.2) is 20.9 Å². The van der Waals surface area contributed by atoms with Gasteiger partial charge in [-0.2, -0.15) is 0 Å². The van der Waals surface area contributed by atoms with E-state index >= 15 is 0 Å². The molecule has 0 saturated carbocycles. The van der Waals surface area contributed by atoms with Crippen molar-refractivity contribution in [3.8, 4) is 5.75 Å². The Hall–Kier alpha value is -0.0205. The number of ether oxygens (including phenoxy) is 1. The topological polar surface area (TPSA) is 21.6 Å². The zero-order valence-corrected chi connectivity index (χ0v) is 9.57. The monoisotopic (exact) mass is 267 g/mol. The Morgan fingerprint density at radius 2 is 2.42 bits per heavy atom. The van der Waals surface area contributed by atoms with Crippen LogP contribution in [0.1, 0.15) is 0 Å². The van der Waals surface area contributed by atoms with Gasteiger partial charge in [0, 0.05) is 0 Å². The van der Waals surface area contributed by atoms with E-state index in [9.17, 15) is 0 Å². The molecule has 0 amide bonds. The van der Waals surface area contributed by atoms with Gasteiger partial charge in [-0.05, 0) is 0 Å². The van der Waals surface area contributed by atoms with Crippen molar-refractivity contribution in [3.05, 3.63) is 18.2 Å². The predicted octanol–water partition coefficient (Wildman–Crippen LogP) is 1.54. The summed E-state index contributed by atoms with van der Waals surface area (Å²) in [5.41, 5.74) is 1.04. The molecular weight excluding hydrogens is 261 g/mol. The second-order valence-corrected chi connectivity index (χ2v) is 9.06. The molecule has 0 aromatic heterocycles. The van der Waals surface area contributed by atoms with E-state index in [-0.39, 0.29) is 8.32 Å². The maximum atomic E-state index is 5.92. The van der Waals surface area contributed by atoms with E-state index in [1.54, 1.807) is 7.11 Å². The molecule has 1 unspecified atom stereocenters. The molecule has 1 heterocycles. The van der Waals surface area contributed by atoms with Crippen LogP contribution in [0.3, 0.4) is 0 Å². The number of benzene rings is 1. The third kappa shape index (κ3) is 1.52. The van der Waals surface area contributed by atoms with Crippen molar-refractivity contribution >= 4 is 43.0 Å². The molecule has 0 fully saturated rings. The molecule has 0 saturated heterocycles. The van der Waals surface area contributed by atoms with Crippen molar-refractivity contribution in [2.75, 3.05) is 7.11 Å². The summed E-state index contributed by atoms with van der Waals surface area (Å²) in [6.45, 7) is 0. The van der Waals surface area contributed by atoms with Crippen molar-refractivity contribution in [2.24, 2.45) is 4.36 Å². The summed E-state index contributed by atoms with van der Waals surface area (Å²) in [7, 11) is 7.31. The molecule has 2 rings (SSSR count). The first kappa shape index (κ1) is 8.57. The normalized spacial score (nSPS) is 20.0. The SMILES string of the molecule is COc1ccc2c(c1)[Se]S(Cl)=N2. The second-order valence-electron chi connectivity index (χ2n) is 2.21. The molecule has 0 aliphatic carbocycles. The molecule has 0 spiro atoms. The van der Waals surface area contributed by atoms with Crippen molar-refractivity contribution < 1.29 is 4.74 Å². The van der Waals surface area contributed by atoms with Crippen LogP contribution in [-0.2, 0) is 8.32 Å². The van der Waals surface area contributed by atoms with Crippen molar-refractivity contribution in [3.63, 3.8) is 0 Å². The Labute approximate surface area is 83.1 Å². The Kier molecular flexibility index (Phi) is 2.42. The molecule has 0 radical (unpaired) electrons. The van der Waals surface area contributed by atoms with Crippen LogP contribution in [0, 0.1) is 0 Å². The van der Waals surface area contributed by atoms with Gasteiger partial charge in [-0.15, -0.1) is 0 Å². The van der Waals surface area contributed by atoms with Gasteiger partial charge < -0.3 is 0 Å².